The van der Waals surface area contributed by atoms with Crippen molar-refractivity contribution in [2.24, 2.45) is 0 Å². The largest absolute Gasteiger partial charge is 0.356 e. The Morgan fingerprint density at radius 1 is 1.12 bits per heavy atom. The van der Waals surface area contributed by atoms with Crippen LogP contribution in [0.5, 0.6) is 0 Å². The average molecular weight is 389 g/mol. The van der Waals surface area contributed by atoms with Crippen LogP contribution in [-0.4, -0.2) is 31.6 Å². The molecule has 3 rings (SSSR count). The number of carbonyl (C=O) groups is 1. The number of aromatic nitrogens is 1. The summed E-state index contributed by atoms with van der Waals surface area (Å²) in [5.41, 5.74) is 1.96. The number of nitrogens with one attached hydrogen (secondary N) is 1. The van der Waals surface area contributed by atoms with Gasteiger partial charge in [-0.1, -0.05) is 29.8 Å². The lowest BCUT2D eigenvalue weighted by Gasteiger charge is -2.06. The van der Waals surface area contributed by atoms with Crippen molar-refractivity contribution in [3.05, 3.63) is 59.1 Å². The van der Waals surface area contributed by atoms with Crippen LogP contribution in [0, 0.1) is 6.92 Å². The van der Waals surface area contributed by atoms with E-state index in [-0.39, 0.29) is 23.0 Å². The average Bonchev–Trinajstić information content (AvgIpc) is 3.03. The van der Waals surface area contributed by atoms with Crippen molar-refractivity contribution in [3.8, 4) is 0 Å². The number of para-hydroxylation sites is 1. The molecule has 0 saturated heterocycles. The van der Waals surface area contributed by atoms with Crippen molar-refractivity contribution < 1.29 is 13.2 Å². The van der Waals surface area contributed by atoms with Gasteiger partial charge >= 0.3 is 0 Å². The molecule has 0 spiro atoms. The number of fused-ring (bicyclic) bond motifs is 1. The quantitative estimate of drug-likeness (QED) is 0.675. The van der Waals surface area contributed by atoms with E-state index < -0.39 is 9.84 Å². The number of hydrogen-bond acceptors (Lipinski definition) is 5. The zero-order chi connectivity index (χ0) is 18.6. The molecular formula is C19H20N2O3S2. The summed E-state index contributed by atoms with van der Waals surface area (Å²) >= 11 is 1.61. The number of benzene rings is 2. The van der Waals surface area contributed by atoms with E-state index in [1.165, 1.54) is 0 Å². The van der Waals surface area contributed by atoms with Crippen LogP contribution in [0.15, 0.2) is 53.4 Å². The van der Waals surface area contributed by atoms with Gasteiger partial charge in [0.1, 0.15) is 0 Å². The molecule has 0 saturated carbocycles. The van der Waals surface area contributed by atoms with Crippen molar-refractivity contribution in [2.45, 2.75) is 24.7 Å². The zero-order valence-corrected chi connectivity index (χ0v) is 16.1. The maximum absolute atomic E-state index is 12.3. The molecule has 0 bridgehead atoms. The smallest absolute Gasteiger partial charge is 0.221 e. The Bertz CT molecular complexity index is 976. The summed E-state index contributed by atoms with van der Waals surface area (Å²) in [6.45, 7) is 2.35. The predicted octanol–water partition coefficient (Wildman–Crippen LogP) is 3.13. The molecule has 136 valence electrons. The van der Waals surface area contributed by atoms with Crippen molar-refractivity contribution in [3.63, 3.8) is 0 Å². The van der Waals surface area contributed by atoms with Gasteiger partial charge in [0.25, 0.3) is 0 Å². The molecule has 5 nitrogen and oxygen atoms in total. The fourth-order valence-corrected chi connectivity index (χ4v) is 4.72. The summed E-state index contributed by atoms with van der Waals surface area (Å²) < 4.78 is 25.6. The number of sulfone groups is 1. The van der Waals surface area contributed by atoms with Gasteiger partial charge in [-0.05, 0) is 31.2 Å². The Labute approximate surface area is 157 Å². The number of aryl methyl sites for hydroxylation is 1. The van der Waals surface area contributed by atoms with Crippen LogP contribution in [-0.2, 0) is 21.1 Å². The van der Waals surface area contributed by atoms with Crippen molar-refractivity contribution in [2.75, 3.05) is 12.3 Å². The number of carbonyl (C=O) groups excluding carboxylic acids is 1. The minimum Gasteiger partial charge on any atom is -0.356 e. The van der Waals surface area contributed by atoms with Crippen LogP contribution < -0.4 is 5.32 Å². The molecular weight excluding hydrogens is 368 g/mol. The van der Waals surface area contributed by atoms with Gasteiger partial charge in [0.15, 0.2) is 9.84 Å². The van der Waals surface area contributed by atoms with E-state index in [2.05, 4.69) is 10.3 Å². The van der Waals surface area contributed by atoms with E-state index >= 15 is 0 Å². The Morgan fingerprint density at radius 3 is 2.58 bits per heavy atom. The van der Waals surface area contributed by atoms with Gasteiger partial charge in [0, 0.05) is 19.4 Å². The fourth-order valence-electron chi connectivity index (χ4n) is 2.51. The first-order valence-electron chi connectivity index (χ1n) is 8.35. The van der Waals surface area contributed by atoms with Gasteiger partial charge in [-0.15, -0.1) is 11.3 Å². The minimum atomic E-state index is -3.44. The van der Waals surface area contributed by atoms with Crippen LogP contribution in [0.3, 0.4) is 0 Å². The van der Waals surface area contributed by atoms with Gasteiger partial charge in [-0.25, -0.2) is 13.4 Å². The third-order valence-electron chi connectivity index (χ3n) is 3.98. The maximum Gasteiger partial charge on any atom is 0.221 e. The number of thiazole rings is 1. The summed E-state index contributed by atoms with van der Waals surface area (Å²) in [4.78, 5) is 16.7. The first-order chi connectivity index (χ1) is 12.4. The summed E-state index contributed by atoms with van der Waals surface area (Å²) in [5, 5.41) is 3.73. The molecule has 3 aromatic rings. The number of rotatable bonds is 7. The molecule has 0 aliphatic heterocycles. The highest BCUT2D eigenvalue weighted by atomic mass is 32.2. The highest BCUT2D eigenvalue weighted by Crippen LogP contribution is 2.21. The van der Waals surface area contributed by atoms with Gasteiger partial charge < -0.3 is 5.32 Å². The lowest BCUT2D eigenvalue weighted by molar-refractivity contribution is -0.120. The van der Waals surface area contributed by atoms with Gasteiger partial charge in [-0.2, -0.15) is 0 Å². The summed E-state index contributed by atoms with van der Waals surface area (Å²) in [6.07, 6.45) is 0.589. The van der Waals surface area contributed by atoms with Gasteiger partial charge in [-0.3, -0.25) is 4.79 Å². The molecule has 0 unspecified atom stereocenters. The topological polar surface area (TPSA) is 76.1 Å². The SMILES string of the molecule is Cc1ccc(S(=O)(=O)CCC(=O)NCCc2nc3ccccc3s2)cc1. The van der Waals surface area contributed by atoms with E-state index in [1.807, 2.05) is 31.2 Å². The third-order valence-corrected chi connectivity index (χ3v) is 6.81. The molecule has 0 radical (unpaired) electrons. The molecule has 0 aliphatic rings. The molecule has 0 aliphatic carbocycles. The molecule has 1 amide bonds. The lowest BCUT2D eigenvalue weighted by Crippen LogP contribution is -2.27. The second kappa shape index (κ2) is 7.97. The molecule has 1 aromatic heterocycles. The Morgan fingerprint density at radius 2 is 1.85 bits per heavy atom. The maximum atomic E-state index is 12.3. The standard InChI is InChI=1S/C19H20N2O3S2/c1-14-6-8-15(9-7-14)26(23,24)13-11-18(22)20-12-10-19-21-16-4-2-3-5-17(16)25-19/h2-9H,10-13H2,1H3,(H,20,22). The van der Waals surface area contributed by atoms with Gasteiger partial charge in [0.2, 0.25) is 5.91 Å². The number of nitrogens with zero attached hydrogens (tertiary/aromatic N) is 1. The summed E-state index contributed by atoms with van der Waals surface area (Å²) in [6, 6.07) is 14.6. The van der Waals surface area contributed by atoms with E-state index in [0.29, 0.717) is 13.0 Å². The Balaban J connectivity index is 1.47. The van der Waals surface area contributed by atoms with Crippen molar-refractivity contribution >= 4 is 37.3 Å². The second-order valence-electron chi connectivity index (χ2n) is 6.06. The highest BCUT2D eigenvalue weighted by Gasteiger charge is 2.16. The minimum absolute atomic E-state index is 0.0456. The van der Waals surface area contributed by atoms with E-state index in [9.17, 15) is 13.2 Å². The van der Waals surface area contributed by atoms with E-state index in [1.54, 1.807) is 35.6 Å². The van der Waals surface area contributed by atoms with Crippen molar-refractivity contribution in [1.82, 2.24) is 10.3 Å². The van der Waals surface area contributed by atoms with Crippen LogP contribution in [0.4, 0.5) is 0 Å². The Hall–Kier alpha value is -2.25. The van der Waals surface area contributed by atoms with Crippen molar-refractivity contribution in [1.29, 1.82) is 0 Å². The van der Waals surface area contributed by atoms with E-state index in [4.69, 9.17) is 0 Å². The second-order valence-corrected chi connectivity index (χ2v) is 9.28. The van der Waals surface area contributed by atoms with Crippen LogP contribution in [0.1, 0.15) is 17.0 Å². The van der Waals surface area contributed by atoms with Crippen LogP contribution in [0.2, 0.25) is 0 Å². The molecule has 0 atom stereocenters. The predicted molar refractivity (Wildman–Crippen MR) is 104 cm³/mol. The van der Waals surface area contributed by atoms with Gasteiger partial charge in [0.05, 0.1) is 25.9 Å². The molecule has 1 heterocycles. The molecule has 1 N–H and O–H groups in total. The number of hydrogen-bond donors (Lipinski definition) is 1. The molecule has 2 aromatic carbocycles. The molecule has 7 heteroatoms. The molecule has 26 heavy (non-hydrogen) atoms. The normalized spacial score (nSPS) is 11.6. The third kappa shape index (κ3) is 4.68. The summed E-state index contributed by atoms with van der Waals surface area (Å²) in [7, 11) is -3.44. The first-order valence-corrected chi connectivity index (χ1v) is 10.8. The van der Waals surface area contributed by atoms with Crippen LogP contribution >= 0.6 is 11.3 Å². The number of amides is 1. The lowest BCUT2D eigenvalue weighted by atomic mass is 10.2. The van der Waals surface area contributed by atoms with E-state index in [0.717, 1.165) is 20.8 Å². The Kier molecular flexibility index (Phi) is 5.68. The summed E-state index contributed by atoms with van der Waals surface area (Å²) in [5.74, 6) is -0.454. The fraction of sp³-hybridized carbons (Fsp3) is 0.263. The first kappa shape index (κ1) is 18.5. The monoisotopic (exact) mass is 388 g/mol. The highest BCUT2D eigenvalue weighted by molar-refractivity contribution is 7.91. The zero-order valence-electron chi connectivity index (χ0n) is 14.4. The van der Waals surface area contributed by atoms with Crippen LogP contribution in [0.25, 0.3) is 10.2 Å². The molecule has 0 fully saturated rings.